The number of allylic oxidation sites excluding steroid dienone is 1. The predicted molar refractivity (Wildman–Crippen MR) is 145 cm³/mol. The van der Waals surface area contributed by atoms with E-state index in [0.717, 1.165) is 31.2 Å². The van der Waals surface area contributed by atoms with Gasteiger partial charge in [0.2, 0.25) is 11.6 Å². The number of aromatic nitrogens is 1. The maximum absolute atomic E-state index is 13.0. The van der Waals surface area contributed by atoms with Crippen LogP contribution in [0.4, 0.5) is 19.0 Å². The number of piperazine rings is 1. The Morgan fingerprint density at radius 3 is 2.66 bits per heavy atom. The zero-order valence-electron chi connectivity index (χ0n) is 22.2. The molecule has 1 aromatic heterocycles. The first-order valence-corrected chi connectivity index (χ1v) is 13.2. The molecule has 6 rings (SSSR count). The molecule has 1 saturated heterocycles. The van der Waals surface area contributed by atoms with Crippen LogP contribution in [0.1, 0.15) is 41.3 Å². The number of quaternary nitrogens is 1. The van der Waals surface area contributed by atoms with Crippen LogP contribution in [0.3, 0.4) is 0 Å². The molecule has 4 N–H and O–H groups in total. The van der Waals surface area contributed by atoms with Crippen LogP contribution in [0.5, 0.6) is 0 Å². The lowest BCUT2D eigenvalue weighted by Gasteiger charge is -2.35. The van der Waals surface area contributed by atoms with Crippen LogP contribution in [-0.2, 0) is 11.0 Å². The highest BCUT2D eigenvalue weighted by molar-refractivity contribution is 6.05. The summed E-state index contributed by atoms with van der Waals surface area (Å²) in [7, 11) is 0. The van der Waals surface area contributed by atoms with Crippen LogP contribution in [-0.4, -0.2) is 64.0 Å². The number of fused-ring (bicyclic) bond motifs is 1. The molecular weight excluding hydrogens is 537 g/mol. The number of nitrogens with one attached hydrogen (secondary N) is 2. The second-order valence-electron chi connectivity index (χ2n) is 10.8. The molecule has 41 heavy (non-hydrogen) atoms. The molecule has 0 radical (unpaired) electrons. The Kier molecular flexibility index (Phi) is 6.40. The smallest absolute Gasteiger partial charge is 0.339 e. The molecule has 1 aromatic carbocycles. The van der Waals surface area contributed by atoms with Crippen molar-refractivity contribution in [3.8, 4) is 0 Å². The van der Waals surface area contributed by atoms with Crippen molar-refractivity contribution in [3.05, 3.63) is 83.1 Å². The molecule has 1 unspecified atom stereocenters. The first-order valence-electron chi connectivity index (χ1n) is 13.2. The van der Waals surface area contributed by atoms with E-state index in [2.05, 4.69) is 20.6 Å². The Hall–Kier alpha value is -4.20. The Balaban J connectivity index is 1.23. The fourth-order valence-corrected chi connectivity index (χ4v) is 5.20. The number of carbonyl (C=O) groups excluding carboxylic acids is 2. The number of alkyl halides is 3. The number of amides is 2. The summed E-state index contributed by atoms with van der Waals surface area (Å²) >= 11 is 0. The standard InChI is InChI=1S/C28H27F3N8O2/c1-27(7-8-27)26(41)38-12-10-34-20(16-38)23-21-15-33-11-13-39(21,32)24(37-23)17-2-4-18(5-3-17)25(40)36-22-14-19(6-9-35-22)28(29,30)31/h2-6,9,11,13-15,20,34H,7-8,10,12,16,32H2,1H3/p+1/t20-,39?/m1/s1. The third kappa shape index (κ3) is 4.96. The Morgan fingerprint density at radius 2 is 1.95 bits per heavy atom. The van der Waals surface area contributed by atoms with Crippen LogP contribution in [0, 0.1) is 5.41 Å². The minimum absolute atomic E-state index is 0.164. The van der Waals surface area contributed by atoms with Crippen molar-refractivity contribution in [1.29, 1.82) is 0 Å². The van der Waals surface area contributed by atoms with Gasteiger partial charge in [-0.15, -0.1) is 4.59 Å². The molecule has 10 nitrogen and oxygen atoms in total. The summed E-state index contributed by atoms with van der Waals surface area (Å²) in [4.78, 5) is 40.7. The van der Waals surface area contributed by atoms with E-state index in [0.29, 0.717) is 42.4 Å². The van der Waals surface area contributed by atoms with Crippen LogP contribution in [0.25, 0.3) is 0 Å². The average molecular weight is 566 g/mol. The molecule has 212 valence electrons. The number of anilines is 1. The third-order valence-corrected chi connectivity index (χ3v) is 7.87. The van der Waals surface area contributed by atoms with Gasteiger partial charge < -0.3 is 15.5 Å². The largest absolute Gasteiger partial charge is 0.416 e. The van der Waals surface area contributed by atoms with Gasteiger partial charge in [0.05, 0.1) is 29.6 Å². The highest BCUT2D eigenvalue weighted by atomic mass is 19.4. The molecule has 0 spiro atoms. The van der Waals surface area contributed by atoms with Crippen LogP contribution < -0.4 is 16.5 Å². The summed E-state index contributed by atoms with van der Waals surface area (Å²) in [5, 5.41) is 5.87. The number of halogens is 3. The molecule has 2 fully saturated rings. The molecule has 1 saturated carbocycles. The molecule has 4 aliphatic rings. The summed E-state index contributed by atoms with van der Waals surface area (Å²) in [5.74, 6) is 6.69. The van der Waals surface area contributed by atoms with Crippen molar-refractivity contribution in [2.75, 3.05) is 25.0 Å². The van der Waals surface area contributed by atoms with Gasteiger partial charge in [-0.1, -0.05) is 6.92 Å². The maximum atomic E-state index is 13.0. The Labute approximate surface area is 233 Å². The normalized spacial score (nSPS) is 24.7. The second kappa shape index (κ2) is 9.72. The number of aliphatic imine (C=N–C) groups is 2. The molecule has 2 atom stereocenters. The molecule has 13 heteroatoms. The van der Waals surface area contributed by atoms with E-state index in [-0.39, 0.29) is 33.3 Å². The maximum Gasteiger partial charge on any atom is 0.416 e. The summed E-state index contributed by atoms with van der Waals surface area (Å²) in [6.07, 6.45) is 3.21. The lowest BCUT2D eigenvalue weighted by Crippen LogP contribution is -2.55. The Bertz CT molecular complexity index is 1540. The van der Waals surface area contributed by atoms with Gasteiger partial charge in [0.25, 0.3) is 11.7 Å². The average Bonchev–Trinajstić information content (AvgIpc) is 3.63. The fourth-order valence-electron chi connectivity index (χ4n) is 5.20. The highest BCUT2D eigenvalue weighted by Gasteiger charge is 2.50. The monoisotopic (exact) mass is 565 g/mol. The van der Waals surface area contributed by atoms with E-state index in [4.69, 9.17) is 10.8 Å². The number of nitrogens with two attached hydrogens (primary N) is 1. The van der Waals surface area contributed by atoms with E-state index < -0.39 is 17.6 Å². The number of carbonyl (C=O) groups is 2. The minimum Gasteiger partial charge on any atom is -0.339 e. The van der Waals surface area contributed by atoms with E-state index in [1.807, 2.05) is 11.8 Å². The summed E-state index contributed by atoms with van der Waals surface area (Å²) < 4.78 is 38.8. The second-order valence-corrected chi connectivity index (χ2v) is 10.8. The van der Waals surface area contributed by atoms with E-state index in [1.165, 1.54) is 0 Å². The van der Waals surface area contributed by atoms with Gasteiger partial charge in [0.15, 0.2) is 0 Å². The van der Waals surface area contributed by atoms with Gasteiger partial charge in [0.1, 0.15) is 17.7 Å². The zero-order valence-corrected chi connectivity index (χ0v) is 22.2. The highest BCUT2D eigenvalue weighted by Crippen LogP contribution is 2.46. The van der Waals surface area contributed by atoms with Crippen molar-refractivity contribution < 1.29 is 27.4 Å². The van der Waals surface area contributed by atoms with Crippen molar-refractivity contribution in [2.45, 2.75) is 32.0 Å². The van der Waals surface area contributed by atoms with E-state index in [9.17, 15) is 22.8 Å². The van der Waals surface area contributed by atoms with Crippen molar-refractivity contribution >= 4 is 29.7 Å². The number of rotatable bonds is 5. The van der Waals surface area contributed by atoms with Crippen molar-refractivity contribution in [2.24, 2.45) is 21.2 Å². The molecule has 2 aromatic rings. The van der Waals surface area contributed by atoms with Gasteiger partial charge in [-0.3, -0.25) is 14.6 Å². The summed E-state index contributed by atoms with van der Waals surface area (Å²) in [6.45, 7) is 3.71. The number of benzene rings is 1. The van der Waals surface area contributed by atoms with Gasteiger partial charge in [-0.05, 0) is 49.2 Å². The van der Waals surface area contributed by atoms with Crippen LogP contribution >= 0.6 is 0 Å². The molecular formula is C28H28F3N8O2+. The zero-order chi connectivity index (χ0) is 29.0. The SMILES string of the molecule is CC1(C(=O)N2CCN[C@@H](C3=C4C=NC=C[N+]4(N)C(c4ccc(C(=O)Nc5cc(C(F)(F)F)ccn5)cc4)=N3)C2)CC1. The van der Waals surface area contributed by atoms with E-state index >= 15 is 0 Å². The van der Waals surface area contributed by atoms with Gasteiger partial charge in [-0.2, -0.15) is 24.0 Å². The number of hydrogen-bond donors (Lipinski definition) is 3. The predicted octanol–water partition coefficient (Wildman–Crippen LogP) is 3.17. The quantitative estimate of drug-likeness (QED) is 0.380. The fraction of sp³-hybridized carbons (Fsp3) is 0.321. The van der Waals surface area contributed by atoms with E-state index in [1.54, 1.807) is 42.9 Å². The summed E-state index contributed by atoms with van der Waals surface area (Å²) in [6, 6.07) is 7.81. The molecule has 1 aliphatic carbocycles. The minimum atomic E-state index is -4.55. The molecule has 0 bridgehead atoms. The topological polar surface area (TPSA) is 125 Å². The first-order chi connectivity index (χ1) is 19.5. The third-order valence-electron chi connectivity index (χ3n) is 7.87. The van der Waals surface area contributed by atoms with Crippen molar-refractivity contribution in [3.63, 3.8) is 0 Å². The number of nitrogens with zero attached hydrogens (tertiary/aromatic N) is 5. The molecule has 2 amide bonds. The Morgan fingerprint density at radius 1 is 1.20 bits per heavy atom. The first kappa shape index (κ1) is 27.0. The number of hydrogen-bond acceptors (Lipinski definition) is 7. The number of amidine groups is 1. The molecule has 4 heterocycles. The van der Waals surface area contributed by atoms with Gasteiger partial charge >= 0.3 is 6.18 Å². The van der Waals surface area contributed by atoms with Crippen LogP contribution in [0.2, 0.25) is 0 Å². The number of pyridine rings is 1. The van der Waals surface area contributed by atoms with Gasteiger partial charge in [0, 0.05) is 36.8 Å². The van der Waals surface area contributed by atoms with Crippen molar-refractivity contribution in [1.82, 2.24) is 15.2 Å². The van der Waals surface area contributed by atoms with Crippen LogP contribution in [0.15, 0.2) is 76.4 Å². The van der Waals surface area contributed by atoms with Gasteiger partial charge in [-0.25, -0.2) is 4.98 Å². The molecule has 3 aliphatic heterocycles. The lowest BCUT2D eigenvalue weighted by atomic mass is 10.0. The summed E-state index contributed by atoms with van der Waals surface area (Å²) in [5.41, 5.74) is 1.04. The lowest BCUT2D eigenvalue weighted by molar-refractivity contribution is -0.750.